The molecule has 0 heterocycles. The Labute approximate surface area is 109 Å². The predicted octanol–water partition coefficient (Wildman–Crippen LogP) is 2.79. The highest BCUT2D eigenvalue weighted by atomic mass is 19.2. The zero-order valence-corrected chi connectivity index (χ0v) is 10.9. The van der Waals surface area contributed by atoms with Crippen molar-refractivity contribution in [2.24, 2.45) is 0 Å². The molecule has 0 atom stereocenters. The summed E-state index contributed by atoms with van der Waals surface area (Å²) >= 11 is 0. The minimum absolute atomic E-state index is 0.0831. The van der Waals surface area contributed by atoms with E-state index in [1.807, 2.05) is 5.48 Å². The fourth-order valence-electron chi connectivity index (χ4n) is 1.34. The van der Waals surface area contributed by atoms with Gasteiger partial charge >= 0.3 is 6.09 Å². The van der Waals surface area contributed by atoms with E-state index in [-0.39, 0.29) is 17.8 Å². The molecule has 3 N–H and O–H groups in total. The van der Waals surface area contributed by atoms with Gasteiger partial charge in [-0.2, -0.15) is 0 Å². The molecule has 0 saturated carbocycles. The highest BCUT2D eigenvalue weighted by Crippen LogP contribution is 2.21. The molecule has 0 radical (unpaired) electrons. The van der Waals surface area contributed by atoms with Crippen LogP contribution < -0.4 is 10.8 Å². The van der Waals surface area contributed by atoms with E-state index in [9.17, 15) is 13.6 Å². The van der Waals surface area contributed by atoms with Crippen molar-refractivity contribution in [2.75, 3.05) is 5.32 Å². The number of halogens is 2. The van der Waals surface area contributed by atoms with Crippen molar-refractivity contribution in [3.05, 3.63) is 29.3 Å². The van der Waals surface area contributed by atoms with Gasteiger partial charge in [-0.05, 0) is 38.5 Å². The summed E-state index contributed by atoms with van der Waals surface area (Å²) < 4.78 is 31.7. The molecule has 0 spiro atoms. The number of nitrogens with one attached hydrogen (secondary N) is 2. The molecule has 19 heavy (non-hydrogen) atoms. The van der Waals surface area contributed by atoms with Crippen LogP contribution in [0.2, 0.25) is 0 Å². The second kappa shape index (κ2) is 5.94. The average Bonchev–Trinajstić information content (AvgIpc) is 2.23. The van der Waals surface area contributed by atoms with E-state index in [1.54, 1.807) is 20.8 Å². The van der Waals surface area contributed by atoms with Crippen LogP contribution in [0.3, 0.4) is 0 Å². The van der Waals surface area contributed by atoms with Gasteiger partial charge < -0.3 is 9.94 Å². The van der Waals surface area contributed by atoms with E-state index in [0.29, 0.717) is 0 Å². The SMILES string of the molecule is CC(C)(C)OC(=O)Nc1cc(CNO)cc(F)c1F. The molecule has 0 bridgehead atoms. The largest absolute Gasteiger partial charge is 0.444 e. The molecule has 1 aromatic rings. The van der Waals surface area contributed by atoms with Crippen LogP contribution in [0.15, 0.2) is 12.1 Å². The second-order valence-electron chi connectivity index (χ2n) is 4.90. The Hall–Kier alpha value is -1.73. The van der Waals surface area contributed by atoms with Crippen LogP contribution in [0.5, 0.6) is 0 Å². The standard InChI is InChI=1S/C12H16F2N2O3/c1-12(2,3)19-11(17)16-9-5-7(6-15-18)4-8(13)10(9)14/h4-5,15,18H,6H2,1-3H3,(H,16,17). The molecule has 0 fully saturated rings. The first kappa shape index (κ1) is 15.3. The van der Waals surface area contributed by atoms with Crippen molar-refractivity contribution in [1.29, 1.82) is 0 Å². The molecule has 106 valence electrons. The van der Waals surface area contributed by atoms with Crippen LogP contribution in [0, 0.1) is 11.6 Å². The number of hydroxylamine groups is 1. The highest BCUT2D eigenvalue weighted by molar-refractivity contribution is 5.85. The third-order valence-electron chi connectivity index (χ3n) is 2.01. The minimum atomic E-state index is -1.19. The molecule has 7 heteroatoms. The van der Waals surface area contributed by atoms with Crippen molar-refractivity contribution in [2.45, 2.75) is 32.9 Å². The van der Waals surface area contributed by atoms with E-state index in [4.69, 9.17) is 9.94 Å². The number of rotatable bonds is 3. The molecule has 0 aromatic heterocycles. The summed E-state index contributed by atoms with van der Waals surface area (Å²) in [6.07, 6.45) is -0.889. The zero-order valence-electron chi connectivity index (χ0n) is 10.9. The Balaban J connectivity index is 2.90. The Kier molecular flexibility index (Phi) is 4.79. The molecule has 0 aliphatic rings. The summed E-state index contributed by atoms with van der Waals surface area (Å²) in [6, 6.07) is 2.12. The van der Waals surface area contributed by atoms with Crippen LogP contribution in [0.4, 0.5) is 19.3 Å². The number of carbonyl (C=O) groups is 1. The van der Waals surface area contributed by atoms with Crippen LogP contribution in [-0.4, -0.2) is 16.9 Å². The molecule has 1 amide bonds. The first-order valence-electron chi connectivity index (χ1n) is 5.58. The van der Waals surface area contributed by atoms with E-state index in [0.717, 1.165) is 6.07 Å². The van der Waals surface area contributed by atoms with Crippen molar-refractivity contribution in [1.82, 2.24) is 5.48 Å². The first-order valence-corrected chi connectivity index (χ1v) is 5.58. The van der Waals surface area contributed by atoms with Gasteiger partial charge in [0, 0.05) is 6.54 Å². The van der Waals surface area contributed by atoms with Gasteiger partial charge in [-0.15, -0.1) is 0 Å². The Morgan fingerprint density at radius 1 is 1.37 bits per heavy atom. The lowest BCUT2D eigenvalue weighted by molar-refractivity contribution is 0.0635. The molecule has 0 aliphatic carbocycles. The molecular weight excluding hydrogens is 258 g/mol. The summed E-state index contributed by atoms with van der Waals surface area (Å²) in [6.45, 7) is 4.86. The molecule has 1 rings (SSSR count). The Bertz CT molecular complexity index is 473. The van der Waals surface area contributed by atoms with Crippen molar-refractivity contribution < 1.29 is 23.5 Å². The van der Waals surface area contributed by atoms with Gasteiger partial charge in [0.1, 0.15) is 5.60 Å². The van der Waals surface area contributed by atoms with Gasteiger partial charge in [-0.1, -0.05) is 0 Å². The van der Waals surface area contributed by atoms with Gasteiger partial charge in [0.25, 0.3) is 0 Å². The topological polar surface area (TPSA) is 70.6 Å². The van der Waals surface area contributed by atoms with Crippen molar-refractivity contribution in [3.63, 3.8) is 0 Å². The van der Waals surface area contributed by atoms with Crippen molar-refractivity contribution in [3.8, 4) is 0 Å². The second-order valence-corrected chi connectivity index (χ2v) is 4.90. The first-order chi connectivity index (χ1) is 8.73. The molecule has 0 aliphatic heterocycles. The maximum absolute atomic E-state index is 13.5. The molecule has 5 nitrogen and oxygen atoms in total. The molecule has 0 unspecified atom stereocenters. The Morgan fingerprint density at radius 2 is 2.00 bits per heavy atom. The van der Waals surface area contributed by atoms with E-state index in [2.05, 4.69) is 5.32 Å². The number of amides is 1. The number of hydrogen-bond acceptors (Lipinski definition) is 4. The number of hydrogen-bond donors (Lipinski definition) is 3. The van der Waals surface area contributed by atoms with Crippen LogP contribution >= 0.6 is 0 Å². The summed E-state index contributed by atoms with van der Waals surface area (Å²) in [5, 5.41) is 10.6. The van der Waals surface area contributed by atoms with Crippen LogP contribution in [0.25, 0.3) is 0 Å². The summed E-state index contributed by atoms with van der Waals surface area (Å²) in [5.41, 5.74) is 0.993. The van der Waals surface area contributed by atoms with Crippen molar-refractivity contribution >= 4 is 11.8 Å². The third kappa shape index (κ3) is 4.80. The lowest BCUT2D eigenvalue weighted by atomic mass is 10.2. The zero-order chi connectivity index (χ0) is 14.6. The monoisotopic (exact) mass is 274 g/mol. The van der Waals surface area contributed by atoms with Gasteiger partial charge in [0.2, 0.25) is 0 Å². The van der Waals surface area contributed by atoms with Crippen LogP contribution in [-0.2, 0) is 11.3 Å². The quantitative estimate of drug-likeness (QED) is 0.741. The third-order valence-corrected chi connectivity index (χ3v) is 2.01. The van der Waals surface area contributed by atoms with Gasteiger partial charge in [0.05, 0.1) is 5.69 Å². The van der Waals surface area contributed by atoms with Gasteiger partial charge in [-0.25, -0.2) is 19.1 Å². The minimum Gasteiger partial charge on any atom is -0.444 e. The lowest BCUT2D eigenvalue weighted by Crippen LogP contribution is -2.27. The summed E-state index contributed by atoms with van der Waals surface area (Å²) in [7, 11) is 0. The van der Waals surface area contributed by atoms with E-state index < -0.39 is 23.3 Å². The molecule has 0 saturated heterocycles. The normalized spacial score (nSPS) is 11.3. The number of benzene rings is 1. The highest BCUT2D eigenvalue weighted by Gasteiger charge is 2.19. The number of ether oxygens (including phenoxy) is 1. The average molecular weight is 274 g/mol. The predicted molar refractivity (Wildman–Crippen MR) is 64.8 cm³/mol. The number of carbonyl (C=O) groups excluding carboxylic acids is 1. The number of anilines is 1. The van der Waals surface area contributed by atoms with Gasteiger partial charge in [-0.3, -0.25) is 5.32 Å². The lowest BCUT2D eigenvalue weighted by Gasteiger charge is -2.20. The summed E-state index contributed by atoms with van der Waals surface area (Å²) in [5.74, 6) is -2.31. The molecule has 1 aromatic carbocycles. The maximum atomic E-state index is 13.5. The van der Waals surface area contributed by atoms with Gasteiger partial charge in [0.15, 0.2) is 11.6 Å². The smallest absolute Gasteiger partial charge is 0.412 e. The Morgan fingerprint density at radius 3 is 2.53 bits per heavy atom. The van der Waals surface area contributed by atoms with E-state index in [1.165, 1.54) is 6.07 Å². The fraction of sp³-hybridized carbons (Fsp3) is 0.417. The summed E-state index contributed by atoms with van der Waals surface area (Å²) in [4.78, 5) is 11.5. The maximum Gasteiger partial charge on any atom is 0.412 e. The molecular formula is C12H16F2N2O3. The fourth-order valence-corrected chi connectivity index (χ4v) is 1.34. The van der Waals surface area contributed by atoms with Crippen LogP contribution in [0.1, 0.15) is 26.3 Å². The van der Waals surface area contributed by atoms with E-state index >= 15 is 0 Å².